The molecular formula is C15H18FN. The van der Waals surface area contributed by atoms with Crippen molar-refractivity contribution in [2.45, 2.75) is 44.2 Å². The standard InChI is InChI=1S/C15H18FN/c1-3-5-11(2)17-15-9-13(10-15)12-6-4-7-14(16)8-12/h1,4,6-8,11,13,15,17H,5,9-10H2,2H3. The van der Waals surface area contributed by atoms with Gasteiger partial charge in [-0.3, -0.25) is 0 Å². The van der Waals surface area contributed by atoms with Crippen LogP contribution >= 0.6 is 0 Å². The summed E-state index contributed by atoms with van der Waals surface area (Å²) in [6, 6.07) is 7.84. The fourth-order valence-electron chi connectivity index (χ4n) is 2.42. The third kappa shape index (κ3) is 3.08. The van der Waals surface area contributed by atoms with Gasteiger partial charge in [0.1, 0.15) is 5.82 Å². The Morgan fingerprint density at radius 1 is 1.53 bits per heavy atom. The summed E-state index contributed by atoms with van der Waals surface area (Å²) in [7, 11) is 0. The zero-order valence-corrected chi connectivity index (χ0v) is 10.1. The summed E-state index contributed by atoms with van der Waals surface area (Å²) in [4.78, 5) is 0. The van der Waals surface area contributed by atoms with Crippen molar-refractivity contribution in [3.8, 4) is 12.3 Å². The second-order valence-corrected chi connectivity index (χ2v) is 4.90. The zero-order chi connectivity index (χ0) is 12.3. The molecule has 1 fully saturated rings. The molecule has 0 heterocycles. The van der Waals surface area contributed by atoms with Gasteiger partial charge in [0.15, 0.2) is 0 Å². The first-order valence-electron chi connectivity index (χ1n) is 6.14. The Hall–Kier alpha value is -1.33. The van der Waals surface area contributed by atoms with E-state index in [4.69, 9.17) is 6.42 Å². The number of nitrogens with one attached hydrogen (secondary N) is 1. The lowest BCUT2D eigenvalue weighted by Crippen LogP contribution is -2.44. The Bertz CT molecular complexity index is 415. The summed E-state index contributed by atoms with van der Waals surface area (Å²) in [5, 5.41) is 3.50. The molecule has 17 heavy (non-hydrogen) atoms. The molecule has 1 aromatic rings. The van der Waals surface area contributed by atoms with E-state index in [2.05, 4.69) is 18.2 Å². The molecule has 1 nitrogen and oxygen atoms in total. The van der Waals surface area contributed by atoms with Crippen molar-refractivity contribution < 1.29 is 4.39 Å². The molecule has 1 N–H and O–H groups in total. The predicted molar refractivity (Wildman–Crippen MR) is 68.2 cm³/mol. The molecule has 0 spiro atoms. The molecule has 0 saturated heterocycles. The maximum atomic E-state index is 13.1. The Labute approximate surface area is 102 Å². The van der Waals surface area contributed by atoms with Gasteiger partial charge in [-0.2, -0.15) is 0 Å². The van der Waals surface area contributed by atoms with Crippen LogP contribution in [0.4, 0.5) is 4.39 Å². The number of hydrogen-bond donors (Lipinski definition) is 1. The van der Waals surface area contributed by atoms with Gasteiger partial charge in [0.25, 0.3) is 0 Å². The van der Waals surface area contributed by atoms with Gasteiger partial charge in [0, 0.05) is 18.5 Å². The van der Waals surface area contributed by atoms with Crippen LogP contribution in [0.5, 0.6) is 0 Å². The summed E-state index contributed by atoms with van der Waals surface area (Å²) < 4.78 is 13.1. The van der Waals surface area contributed by atoms with Gasteiger partial charge < -0.3 is 5.32 Å². The van der Waals surface area contributed by atoms with Crippen LogP contribution in [0.25, 0.3) is 0 Å². The predicted octanol–water partition coefficient (Wildman–Crippen LogP) is 3.07. The van der Waals surface area contributed by atoms with E-state index < -0.39 is 0 Å². The number of rotatable bonds is 4. The van der Waals surface area contributed by atoms with Crippen molar-refractivity contribution >= 4 is 0 Å². The van der Waals surface area contributed by atoms with Gasteiger partial charge in [-0.25, -0.2) is 4.39 Å². The average molecular weight is 231 g/mol. The third-order valence-corrected chi connectivity index (χ3v) is 3.40. The minimum absolute atomic E-state index is 0.139. The monoisotopic (exact) mass is 231 g/mol. The molecule has 1 saturated carbocycles. The lowest BCUT2D eigenvalue weighted by atomic mass is 9.75. The molecule has 1 unspecified atom stereocenters. The average Bonchev–Trinajstić information content (AvgIpc) is 2.23. The normalized spacial score (nSPS) is 24.8. The quantitative estimate of drug-likeness (QED) is 0.785. The number of terminal acetylenes is 1. The van der Waals surface area contributed by atoms with E-state index in [1.54, 1.807) is 12.1 Å². The maximum absolute atomic E-state index is 13.1. The first kappa shape index (κ1) is 12.1. The van der Waals surface area contributed by atoms with Gasteiger partial charge in [0.05, 0.1) is 0 Å². The third-order valence-electron chi connectivity index (χ3n) is 3.40. The van der Waals surface area contributed by atoms with Crippen molar-refractivity contribution in [1.82, 2.24) is 5.32 Å². The van der Waals surface area contributed by atoms with Crippen molar-refractivity contribution in [3.63, 3.8) is 0 Å². The van der Waals surface area contributed by atoms with Crippen LogP contribution in [0.3, 0.4) is 0 Å². The highest BCUT2D eigenvalue weighted by atomic mass is 19.1. The van der Waals surface area contributed by atoms with Crippen LogP contribution in [0.2, 0.25) is 0 Å². The second-order valence-electron chi connectivity index (χ2n) is 4.90. The molecule has 0 aliphatic heterocycles. The SMILES string of the molecule is C#CCC(C)NC1CC(c2cccc(F)c2)C1. The van der Waals surface area contributed by atoms with E-state index in [9.17, 15) is 4.39 Å². The summed E-state index contributed by atoms with van der Waals surface area (Å²) in [5.41, 5.74) is 1.12. The van der Waals surface area contributed by atoms with Gasteiger partial charge in [-0.05, 0) is 43.4 Å². The summed E-state index contributed by atoms with van der Waals surface area (Å²) in [5.74, 6) is 3.02. The summed E-state index contributed by atoms with van der Waals surface area (Å²) in [6.45, 7) is 2.11. The number of benzene rings is 1. The van der Waals surface area contributed by atoms with Crippen molar-refractivity contribution in [2.75, 3.05) is 0 Å². The summed E-state index contributed by atoms with van der Waals surface area (Å²) >= 11 is 0. The molecule has 1 atom stereocenters. The van der Waals surface area contributed by atoms with Crippen molar-refractivity contribution in [2.24, 2.45) is 0 Å². The highest BCUT2D eigenvalue weighted by molar-refractivity contribution is 5.23. The van der Waals surface area contributed by atoms with E-state index in [1.165, 1.54) is 6.07 Å². The Morgan fingerprint density at radius 2 is 2.29 bits per heavy atom. The lowest BCUT2D eigenvalue weighted by Gasteiger charge is -2.38. The van der Waals surface area contributed by atoms with E-state index in [0.717, 1.165) is 24.8 Å². The summed E-state index contributed by atoms with van der Waals surface area (Å²) in [6.07, 6.45) is 8.20. The first-order chi connectivity index (χ1) is 8.19. The molecule has 0 amide bonds. The molecule has 0 aromatic heterocycles. The van der Waals surface area contributed by atoms with Crippen molar-refractivity contribution in [3.05, 3.63) is 35.6 Å². The van der Waals surface area contributed by atoms with Gasteiger partial charge in [0.2, 0.25) is 0 Å². The zero-order valence-electron chi connectivity index (χ0n) is 10.1. The van der Waals surface area contributed by atoms with Gasteiger partial charge in [-0.15, -0.1) is 12.3 Å². The van der Waals surface area contributed by atoms with E-state index >= 15 is 0 Å². The Morgan fingerprint density at radius 3 is 2.94 bits per heavy atom. The maximum Gasteiger partial charge on any atom is 0.123 e. The molecule has 90 valence electrons. The highest BCUT2D eigenvalue weighted by Crippen LogP contribution is 2.37. The fraction of sp³-hybridized carbons (Fsp3) is 0.467. The molecule has 2 heteroatoms. The Kier molecular flexibility index (Phi) is 3.81. The molecule has 1 aromatic carbocycles. The fourth-order valence-corrected chi connectivity index (χ4v) is 2.42. The molecule has 2 rings (SSSR count). The minimum atomic E-state index is -0.139. The van der Waals surface area contributed by atoms with E-state index in [-0.39, 0.29) is 5.82 Å². The molecular weight excluding hydrogens is 213 g/mol. The van der Waals surface area contributed by atoms with Crippen LogP contribution < -0.4 is 5.32 Å². The lowest BCUT2D eigenvalue weighted by molar-refractivity contribution is 0.270. The largest absolute Gasteiger partial charge is 0.311 e. The van der Waals surface area contributed by atoms with Gasteiger partial charge in [-0.1, -0.05) is 12.1 Å². The molecule has 0 bridgehead atoms. The van der Waals surface area contributed by atoms with Crippen LogP contribution in [-0.4, -0.2) is 12.1 Å². The van der Waals surface area contributed by atoms with Gasteiger partial charge >= 0.3 is 0 Å². The molecule has 0 radical (unpaired) electrons. The van der Waals surface area contributed by atoms with Crippen molar-refractivity contribution in [1.29, 1.82) is 0 Å². The van der Waals surface area contributed by atoms with Crippen LogP contribution in [0.15, 0.2) is 24.3 Å². The molecule has 1 aliphatic carbocycles. The van der Waals surface area contributed by atoms with Crippen LogP contribution in [-0.2, 0) is 0 Å². The number of hydrogen-bond acceptors (Lipinski definition) is 1. The van der Waals surface area contributed by atoms with Crippen LogP contribution in [0, 0.1) is 18.2 Å². The first-order valence-corrected chi connectivity index (χ1v) is 6.14. The number of halogens is 1. The second kappa shape index (κ2) is 5.33. The topological polar surface area (TPSA) is 12.0 Å². The smallest absolute Gasteiger partial charge is 0.123 e. The minimum Gasteiger partial charge on any atom is -0.311 e. The van der Waals surface area contributed by atoms with Crippen LogP contribution in [0.1, 0.15) is 37.7 Å². The van der Waals surface area contributed by atoms with E-state index in [0.29, 0.717) is 18.0 Å². The molecule has 1 aliphatic rings. The Balaban J connectivity index is 1.81. The van der Waals surface area contributed by atoms with E-state index in [1.807, 2.05) is 6.07 Å². The highest BCUT2D eigenvalue weighted by Gasteiger charge is 2.30.